The summed E-state index contributed by atoms with van der Waals surface area (Å²) in [5.41, 5.74) is 0.138. The standard InChI is InChI=1S/C21H38N6O2/c1-6-22-20(23-12-15-8-7-11-29-19(15)21(2,3)4)24-16-9-10-18-25-17(14-28-5)26-27(18)13-16/h15-16,19H,6-14H2,1-5H3,(H2,22,23,24). The van der Waals surface area contributed by atoms with E-state index in [4.69, 9.17) is 14.5 Å². The van der Waals surface area contributed by atoms with E-state index in [1.54, 1.807) is 7.11 Å². The van der Waals surface area contributed by atoms with Crippen LogP contribution in [0.2, 0.25) is 0 Å². The second-order valence-electron chi connectivity index (χ2n) is 9.22. The van der Waals surface area contributed by atoms with E-state index in [0.717, 1.165) is 63.1 Å². The number of nitrogens with one attached hydrogen (secondary N) is 2. The Morgan fingerprint density at radius 1 is 1.34 bits per heavy atom. The lowest BCUT2D eigenvalue weighted by Gasteiger charge is -2.39. The third-order valence-electron chi connectivity index (χ3n) is 5.64. The molecule has 29 heavy (non-hydrogen) atoms. The zero-order valence-corrected chi connectivity index (χ0v) is 18.7. The topological polar surface area (TPSA) is 85.6 Å². The Morgan fingerprint density at radius 2 is 2.17 bits per heavy atom. The molecule has 0 amide bonds. The third kappa shape index (κ3) is 5.92. The Hall–Kier alpha value is -1.67. The molecule has 0 radical (unpaired) electrons. The number of methoxy groups -OCH3 is 1. The number of rotatable bonds is 6. The second-order valence-corrected chi connectivity index (χ2v) is 9.22. The summed E-state index contributed by atoms with van der Waals surface area (Å²) in [6, 6.07) is 0.290. The quantitative estimate of drug-likeness (QED) is 0.556. The molecule has 3 rings (SSSR count). The summed E-state index contributed by atoms with van der Waals surface area (Å²) in [6.07, 6.45) is 4.50. The number of ether oxygens (including phenoxy) is 2. The molecule has 3 atom stereocenters. The lowest BCUT2D eigenvalue weighted by atomic mass is 9.78. The zero-order valence-electron chi connectivity index (χ0n) is 18.7. The highest BCUT2D eigenvalue weighted by Gasteiger charge is 2.35. The number of hydrogen-bond acceptors (Lipinski definition) is 5. The van der Waals surface area contributed by atoms with E-state index in [9.17, 15) is 0 Å². The normalized spacial score (nSPS) is 25.6. The minimum atomic E-state index is 0.138. The summed E-state index contributed by atoms with van der Waals surface area (Å²) >= 11 is 0. The van der Waals surface area contributed by atoms with Crippen LogP contribution in [-0.4, -0.2) is 59.7 Å². The van der Waals surface area contributed by atoms with Gasteiger partial charge >= 0.3 is 0 Å². The predicted molar refractivity (Wildman–Crippen MR) is 114 cm³/mol. The molecule has 2 aliphatic rings. The average molecular weight is 407 g/mol. The van der Waals surface area contributed by atoms with E-state index in [1.807, 2.05) is 4.68 Å². The van der Waals surface area contributed by atoms with Gasteiger partial charge in [0.2, 0.25) is 0 Å². The van der Waals surface area contributed by atoms with Crippen molar-refractivity contribution in [1.82, 2.24) is 25.4 Å². The Kier molecular flexibility index (Phi) is 7.51. The molecule has 3 heterocycles. The van der Waals surface area contributed by atoms with Gasteiger partial charge in [0.05, 0.1) is 12.6 Å². The molecule has 0 saturated carbocycles. The lowest BCUT2D eigenvalue weighted by Crippen LogP contribution is -2.48. The van der Waals surface area contributed by atoms with Crippen molar-refractivity contribution in [2.24, 2.45) is 16.3 Å². The number of hydrogen-bond donors (Lipinski definition) is 2. The molecule has 2 N–H and O–H groups in total. The minimum Gasteiger partial charge on any atom is -0.377 e. The molecule has 0 spiro atoms. The largest absolute Gasteiger partial charge is 0.377 e. The fraction of sp³-hybridized carbons (Fsp3) is 0.857. The Morgan fingerprint density at radius 3 is 2.90 bits per heavy atom. The summed E-state index contributed by atoms with van der Waals surface area (Å²) in [6.45, 7) is 12.6. The van der Waals surface area contributed by atoms with Crippen LogP contribution in [0.15, 0.2) is 4.99 Å². The number of fused-ring (bicyclic) bond motifs is 1. The maximum absolute atomic E-state index is 6.12. The van der Waals surface area contributed by atoms with E-state index in [2.05, 4.69) is 48.4 Å². The van der Waals surface area contributed by atoms with Gasteiger partial charge in [-0.3, -0.25) is 4.99 Å². The fourth-order valence-corrected chi connectivity index (χ4v) is 4.38. The molecule has 8 heteroatoms. The molecule has 8 nitrogen and oxygen atoms in total. The summed E-state index contributed by atoms with van der Waals surface area (Å²) in [7, 11) is 1.67. The Labute approximate surface area is 174 Å². The number of aromatic nitrogens is 3. The number of aryl methyl sites for hydroxylation is 1. The summed E-state index contributed by atoms with van der Waals surface area (Å²) in [5, 5.41) is 11.6. The molecule has 0 aromatic carbocycles. The van der Waals surface area contributed by atoms with Crippen molar-refractivity contribution in [1.29, 1.82) is 0 Å². The highest BCUT2D eigenvalue weighted by Crippen LogP contribution is 2.34. The van der Waals surface area contributed by atoms with Crippen LogP contribution in [-0.2, 0) is 29.0 Å². The van der Waals surface area contributed by atoms with E-state index in [-0.39, 0.29) is 11.5 Å². The van der Waals surface area contributed by atoms with Gasteiger partial charge in [-0.1, -0.05) is 20.8 Å². The van der Waals surface area contributed by atoms with Crippen LogP contribution in [0.25, 0.3) is 0 Å². The first kappa shape index (κ1) is 22.0. The number of aliphatic imine (C=N–C) groups is 1. The molecule has 3 unspecified atom stereocenters. The van der Waals surface area contributed by atoms with Gasteiger partial charge in [-0.2, -0.15) is 5.10 Å². The highest BCUT2D eigenvalue weighted by molar-refractivity contribution is 5.80. The first-order chi connectivity index (χ1) is 13.9. The molecule has 1 saturated heterocycles. The molecule has 1 aromatic rings. The number of guanidine groups is 1. The van der Waals surface area contributed by atoms with Crippen molar-refractivity contribution in [2.45, 2.75) is 78.7 Å². The van der Waals surface area contributed by atoms with Crippen LogP contribution >= 0.6 is 0 Å². The first-order valence-electron chi connectivity index (χ1n) is 11.0. The maximum atomic E-state index is 6.12. The van der Waals surface area contributed by atoms with Crippen molar-refractivity contribution < 1.29 is 9.47 Å². The van der Waals surface area contributed by atoms with Crippen LogP contribution in [0.5, 0.6) is 0 Å². The van der Waals surface area contributed by atoms with Gasteiger partial charge in [0.1, 0.15) is 12.4 Å². The monoisotopic (exact) mass is 406 g/mol. The molecule has 1 fully saturated rings. The summed E-state index contributed by atoms with van der Waals surface area (Å²) in [4.78, 5) is 9.49. The molecular formula is C21H38N6O2. The van der Waals surface area contributed by atoms with Crippen molar-refractivity contribution in [3.05, 3.63) is 11.6 Å². The second kappa shape index (κ2) is 9.89. The van der Waals surface area contributed by atoms with Gasteiger partial charge in [-0.15, -0.1) is 0 Å². The van der Waals surface area contributed by atoms with Crippen molar-refractivity contribution in [2.75, 3.05) is 26.8 Å². The van der Waals surface area contributed by atoms with Gasteiger partial charge in [-0.05, 0) is 31.6 Å². The van der Waals surface area contributed by atoms with Gasteiger partial charge in [-0.25, -0.2) is 9.67 Å². The molecule has 1 aromatic heterocycles. The predicted octanol–water partition coefficient (Wildman–Crippen LogP) is 2.14. The van der Waals surface area contributed by atoms with Gasteiger partial charge in [0, 0.05) is 45.2 Å². The van der Waals surface area contributed by atoms with E-state index < -0.39 is 0 Å². The zero-order chi connectivity index (χ0) is 20.9. The third-order valence-corrected chi connectivity index (χ3v) is 5.64. The molecule has 0 aliphatic carbocycles. The van der Waals surface area contributed by atoms with Gasteiger partial charge in [0.25, 0.3) is 0 Å². The molecule has 0 bridgehead atoms. The van der Waals surface area contributed by atoms with E-state index in [1.165, 1.54) is 6.42 Å². The number of nitrogens with zero attached hydrogens (tertiary/aromatic N) is 4. The maximum Gasteiger partial charge on any atom is 0.191 e. The van der Waals surface area contributed by atoms with Crippen LogP contribution in [0.1, 0.15) is 58.6 Å². The van der Waals surface area contributed by atoms with Crippen molar-refractivity contribution in [3.63, 3.8) is 0 Å². The minimum absolute atomic E-state index is 0.138. The molecule has 164 valence electrons. The van der Waals surface area contributed by atoms with Crippen molar-refractivity contribution >= 4 is 5.96 Å². The van der Waals surface area contributed by atoms with Crippen LogP contribution in [0, 0.1) is 11.3 Å². The Balaban J connectivity index is 1.62. The molecule has 2 aliphatic heterocycles. The highest BCUT2D eigenvalue weighted by atomic mass is 16.5. The fourth-order valence-electron chi connectivity index (χ4n) is 4.38. The Bertz CT molecular complexity index is 681. The van der Waals surface area contributed by atoms with Crippen molar-refractivity contribution in [3.8, 4) is 0 Å². The molecular weight excluding hydrogens is 368 g/mol. The van der Waals surface area contributed by atoms with Crippen LogP contribution in [0.3, 0.4) is 0 Å². The van der Waals surface area contributed by atoms with E-state index >= 15 is 0 Å². The summed E-state index contributed by atoms with van der Waals surface area (Å²) in [5.74, 6) is 3.15. The van der Waals surface area contributed by atoms with Gasteiger partial charge < -0.3 is 20.1 Å². The van der Waals surface area contributed by atoms with E-state index in [0.29, 0.717) is 18.6 Å². The smallest absolute Gasteiger partial charge is 0.191 e. The summed E-state index contributed by atoms with van der Waals surface area (Å²) < 4.78 is 13.3. The van der Waals surface area contributed by atoms with Crippen LogP contribution in [0.4, 0.5) is 0 Å². The first-order valence-corrected chi connectivity index (χ1v) is 11.0. The lowest BCUT2D eigenvalue weighted by molar-refractivity contribution is -0.0823. The van der Waals surface area contributed by atoms with Gasteiger partial charge in [0.15, 0.2) is 11.8 Å². The average Bonchev–Trinajstić information content (AvgIpc) is 3.08. The SMILES string of the molecule is CCNC(=NCC1CCCOC1C(C)(C)C)NC1CCc2nc(COC)nn2C1. The van der Waals surface area contributed by atoms with Crippen LogP contribution < -0.4 is 10.6 Å².